The van der Waals surface area contributed by atoms with Gasteiger partial charge >= 0.3 is 6.18 Å². The molecule has 0 saturated heterocycles. The van der Waals surface area contributed by atoms with Crippen LogP contribution >= 0.6 is 11.8 Å². The molecule has 0 spiro atoms. The summed E-state index contributed by atoms with van der Waals surface area (Å²) in [5, 5.41) is 2.86. The van der Waals surface area contributed by atoms with Gasteiger partial charge in [-0.05, 0) is 30.2 Å². The van der Waals surface area contributed by atoms with Gasteiger partial charge in [-0.25, -0.2) is 4.98 Å². The molecule has 1 atom stereocenters. The van der Waals surface area contributed by atoms with Gasteiger partial charge in [0.05, 0.1) is 21.9 Å². The molecule has 1 aromatic heterocycles. The van der Waals surface area contributed by atoms with Gasteiger partial charge in [0.1, 0.15) is 0 Å². The molecule has 3 rings (SSSR count). The molecule has 0 aliphatic rings. The minimum absolute atomic E-state index is 0.227. The molecule has 150 valence electrons. The summed E-state index contributed by atoms with van der Waals surface area (Å²) in [4.78, 5) is 16.6. The Bertz CT molecular complexity index is 892. The largest absolute Gasteiger partial charge is 0.417 e. The molecule has 0 aliphatic heterocycles. The normalized spacial score (nSPS) is 12.6. The van der Waals surface area contributed by atoms with E-state index < -0.39 is 17.0 Å². The number of alkyl halides is 3. The van der Waals surface area contributed by atoms with Gasteiger partial charge in [0.2, 0.25) is 5.91 Å². The molecule has 3 aromatic rings. The second-order valence-corrected chi connectivity index (χ2v) is 7.77. The van der Waals surface area contributed by atoms with E-state index in [4.69, 9.17) is 0 Å². The molecule has 3 nitrogen and oxygen atoms in total. The summed E-state index contributed by atoms with van der Waals surface area (Å²) in [6, 6.07) is 21.1. The highest BCUT2D eigenvalue weighted by Crippen LogP contribution is 2.30. The molecule has 29 heavy (non-hydrogen) atoms. The molecule has 0 saturated carbocycles. The number of carbonyl (C=O) groups excluding carboxylic acids is 1. The average molecular weight is 416 g/mol. The first-order chi connectivity index (χ1) is 13.8. The number of nitrogens with one attached hydrogen (secondary N) is 1. The molecule has 1 unspecified atom stereocenters. The third kappa shape index (κ3) is 5.60. The van der Waals surface area contributed by atoms with Gasteiger partial charge in [0.15, 0.2) is 0 Å². The van der Waals surface area contributed by atoms with Crippen LogP contribution in [0.25, 0.3) is 0 Å². The van der Waals surface area contributed by atoms with E-state index in [1.54, 1.807) is 6.92 Å². The molecule has 0 radical (unpaired) electrons. The number of hydrogen-bond donors (Lipinski definition) is 1. The third-order valence-electron chi connectivity index (χ3n) is 4.28. The van der Waals surface area contributed by atoms with Gasteiger partial charge in [0.25, 0.3) is 0 Å². The lowest BCUT2D eigenvalue weighted by Gasteiger charge is -2.22. The maximum Gasteiger partial charge on any atom is 0.417 e. The number of nitrogens with zero attached hydrogens (tertiary/aromatic N) is 1. The maximum absolute atomic E-state index is 12.8. The van der Waals surface area contributed by atoms with Crippen LogP contribution in [0.1, 0.15) is 29.7 Å². The standard InChI is InChI=1S/C22H19F3N2OS/c1-15(29-19-13-12-18(14-26-19)22(23,24)25)21(28)27-20(16-8-4-2-5-9-16)17-10-6-3-7-11-17/h2-15,20H,1H3,(H,27,28). The van der Waals surface area contributed by atoms with E-state index in [1.807, 2.05) is 60.7 Å². The van der Waals surface area contributed by atoms with Gasteiger partial charge in [-0.2, -0.15) is 13.2 Å². The lowest BCUT2D eigenvalue weighted by Crippen LogP contribution is -2.34. The lowest BCUT2D eigenvalue weighted by atomic mass is 9.98. The molecule has 2 aromatic carbocycles. The first-order valence-electron chi connectivity index (χ1n) is 8.95. The van der Waals surface area contributed by atoms with Crippen molar-refractivity contribution in [2.75, 3.05) is 0 Å². The van der Waals surface area contributed by atoms with E-state index in [0.717, 1.165) is 35.2 Å². The van der Waals surface area contributed by atoms with Crippen molar-refractivity contribution in [2.45, 2.75) is 29.4 Å². The number of rotatable bonds is 6. The fourth-order valence-corrected chi connectivity index (χ4v) is 3.56. The van der Waals surface area contributed by atoms with E-state index in [0.29, 0.717) is 5.03 Å². The minimum Gasteiger partial charge on any atom is -0.344 e. The van der Waals surface area contributed by atoms with Crippen molar-refractivity contribution in [1.82, 2.24) is 10.3 Å². The number of thioether (sulfide) groups is 1. The molecular formula is C22H19F3N2OS. The van der Waals surface area contributed by atoms with Crippen molar-refractivity contribution < 1.29 is 18.0 Å². The Morgan fingerprint density at radius 2 is 1.48 bits per heavy atom. The maximum atomic E-state index is 12.8. The summed E-state index contributed by atoms with van der Waals surface area (Å²) < 4.78 is 38.0. The zero-order chi connectivity index (χ0) is 20.9. The Kier molecular flexibility index (Phi) is 6.59. The zero-order valence-corrected chi connectivity index (χ0v) is 16.4. The highest BCUT2D eigenvalue weighted by molar-refractivity contribution is 8.00. The van der Waals surface area contributed by atoms with Crippen molar-refractivity contribution in [3.63, 3.8) is 0 Å². The molecule has 0 bridgehead atoms. The second kappa shape index (κ2) is 9.13. The van der Waals surface area contributed by atoms with E-state index in [-0.39, 0.29) is 11.9 Å². The fourth-order valence-electron chi connectivity index (χ4n) is 2.76. The summed E-state index contributed by atoms with van der Waals surface area (Å²) in [6.45, 7) is 1.70. The van der Waals surface area contributed by atoms with Crippen molar-refractivity contribution in [3.05, 3.63) is 95.7 Å². The van der Waals surface area contributed by atoms with Crippen molar-refractivity contribution in [2.24, 2.45) is 0 Å². The highest BCUT2D eigenvalue weighted by Gasteiger charge is 2.31. The van der Waals surface area contributed by atoms with Crippen LogP contribution in [-0.4, -0.2) is 16.1 Å². The predicted octanol–water partition coefficient (Wildman–Crippen LogP) is 5.49. The van der Waals surface area contributed by atoms with Gasteiger partial charge in [0, 0.05) is 6.20 Å². The zero-order valence-electron chi connectivity index (χ0n) is 15.6. The summed E-state index contributed by atoms with van der Waals surface area (Å²) >= 11 is 1.11. The second-order valence-electron chi connectivity index (χ2n) is 6.41. The summed E-state index contributed by atoms with van der Waals surface area (Å²) in [5.41, 5.74) is 1.07. The molecule has 1 heterocycles. The predicted molar refractivity (Wildman–Crippen MR) is 107 cm³/mol. The summed E-state index contributed by atoms with van der Waals surface area (Å²) in [6.07, 6.45) is -3.65. The minimum atomic E-state index is -4.43. The van der Waals surface area contributed by atoms with Gasteiger partial charge < -0.3 is 5.32 Å². The molecule has 7 heteroatoms. The monoisotopic (exact) mass is 416 g/mol. The highest BCUT2D eigenvalue weighted by atomic mass is 32.2. The average Bonchev–Trinajstić information content (AvgIpc) is 2.73. The number of amides is 1. The Labute approximate surface area is 171 Å². The number of halogens is 3. The van der Waals surface area contributed by atoms with Gasteiger partial charge in [-0.15, -0.1) is 0 Å². The van der Waals surface area contributed by atoms with Crippen LogP contribution < -0.4 is 5.32 Å². The molecule has 0 fully saturated rings. The molecular weight excluding hydrogens is 397 g/mol. The van der Waals surface area contributed by atoms with Crippen LogP contribution in [0.5, 0.6) is 0 Å². The first kappa shape index (κ1) is 20.9. The van der Waals surface area contributed by atoms with Gasteiger partial charge in [-0.3, -0.25) is 4.79 Å². The Morgan fingerprint density at radius 3 is 1.93 bits per heavy atom. The molecule has 1 amide bonds. The van der Waals surface area contributed by atoms with Crippen LogP contribution in [0.15, 0.2) is 84.0 Å². The van der Waals surface area contributed by atoms with E-state index in [2.05, 4.69) is 10.3 Å². The Hall–Kier alpha value is -2.80. The Morgan fingerprint density at radius 1 is 0.931 bits per heavy atom. The van der Waals surface area contributed by atoms with E-state index in [1.165, 1.54) is 6.07 Å². The number of benzene rings is 2. The van der Waals surface area contributed by atoms with Crippen LogP contribution in [0.3, 0.4) is 0 Å². The lowest BCUT2D eigenvalue weighted by molar-refractivity contribution is -0.137. The Balaban J connectivity index is 1.72. The number of aromatic nitrogens is 1. The van der Waals surface area contributed by atoms with Crippen molar-refractivity contribution >= 4 is 17.7 Å². The first-order valence-corrected chi connectivity index (χ1v) is 9.83. The van der Waals surface area contributed by atoms with Crippen LogP contribution in [-0.2, 0) is 11.0 Å². The SMILES string of the molecule is CC(Sc1ccc(C(F)(F)F)cn1)C(=O)NC(c1ccccc1)c1ccccc1. The van der Waals surface area contributed by atoms with E-state index in [9.17, 15) is 18.0 Å². The van der Waals surface area contributed by atoms with Crippen molar-refractivity contribution in [1.29, 1.82) is 0 Å². The number of hydrogen-bond acceptors (Lipinski definition) is 3. The van der Waals surface area contributed by atoms with Crippen molar-refractivity contribution in [3.8, 4) is 0 Å². The number of carbonyl (C=O) groups is 1. The van der Waals surface area contributed by atoms with Crippen LogP contribution in [0, 0.1) is 0 Å². The summed E-state index contributed by atoms with van der Waals surface area (Å²) in [7, 11) is 0. The molecule has 0 aliphatic carbocycles. The molecule has 1 N–H and O–H groups in total. The van der Waals surface area contributed by atoms with Gasteiger partial charge in [-0.1, -0.05) is 72.4 Å². The topological polar surface area (TPSA) is 42.0 Å². The van der Waals surface area contributed by atoms with Crippen LogP contribution in [0.4, 0.5) is 13.2 Å². The third-order valence-corrected chi connectivity index (χ3v) is 5.33. The fraction of sp³-hybridized carbons (Fsp3) is 0.182. The van der Waals surface area contributed by atoms with E-state index >= 15 is 0 Å². The summed E-state index contributed by atoms with van der Waals surface area (Å²) in [5.74, 6) is -0.227. The quantitative estimate of drug-likeness (QED) is 0.541. The van der Waals surface area contributed by atoms with Crippen LogP contribution in [0.2, 0.25) is 0 Å². The smallest absolute Gasteiger partial charge is 0.344 e. The number of pyridine rings is 1.